The lowest BCUT2D eigenvalue weighted by molar-refractivity contribution is -0.120. The molecule has 1 unspecified atom stereocenters. The molecular weight excluding hydrogens is 162 g/mol. The van der Waals surface area contributed by atoms with E-state index >= 15 is 0 Å². The molecule has 2 heteroatoms. The lowest BCUT2D eigenvalue weighted by Gasteiger charge is -2.24. The molecule has 13 heavy (non-hydrogen) atoms. The van der Waals surface area contributed by atoms with Crippen LogP contribution in [0.25, 0.3) is 0 Å². The van der Waals surface area contributed by atoms with E-state index in [9.17, 15) is 4.79 Å². The number of rotatable bonds is 1. The first kappa shape index (κ1) is 10.6. The zero-order chi connectivity index (χ0) is 9.90. The Labute approximate surface area is 81.1 Å². The maximum absolute atomic E-state index is 11.1. The summed E-state index contributed by atoms with van der Waals surface area (Å²) in [6.07, 6.45) is 4.19. The van der Waals surface area contributed by atoms with Crippen LogP contribution in [0.3, 0.4) is 0 Å². The second-order valence-corrected chi connectivity index (χ2v) is 5.31. The summed E-state index contributed by atoms with van der Waals surface area (Å²) in [6.45, 7) is 7.69. The summed E-state index contributed by atoms with van der Waals surface area (Å²) < 4.78 is 0. The summed E-state index contributed by atoms with van der Waals surface area (Å²) >= 11 is 0. The van der Waals surface area contributed by atoms with Crippen molar-refractivity contribution in [3.8, 4) is 0 Å². The standard InChI is InChI=1S/C11H21NO/c1-11(2,3)8-9-4-5-10(13)12-7-6-9/h9H,4-8H2,1-3H3,(H,12,13). The molecule has 1 N–H and O–H groups in total. The zero-order valence-electron chi connectivity index (χ0n) is 9.02. The molecule has 0 bridgehead atoms. The monoisotopic (exact) mass is 183 g/mol. The molecule has 0 aliphatic carbocycles. The van der Waals surface area contributed by atoms with Gasteiger partial charge in [0.25, 0.3) is 0 Å². The summed E-state index contributed by atoms with van der Waals surface area (Å²) in [4.78, 5) is 11.1. The topological polar surface area (TPSA) is 29.1 Å². The minimum atomic E-state index is 0.233. The molecule has 1 saturated heterocycles. The average Bonchev–Trinajstić information content (AvgIpc) is 2.12. The summed E-state index contributed by atoms with van der Waals surface area (Å²) in [5, 5.41) is 2.92. The smallest absolute Gasteiger partial charge is 0.220 e. The largest absolute Gasteiger partial charge is 0.356 e. The molecule has 2 nitrogen and oxygen atoms in total. The van der Waals surface area contributed by atoms with Gasteiger partial charge in [0.2, 0.25) is 5.91 Å². The van der Waals surface area contributed by atoms with Crippen LogP contribution >= 0.6 is 0 Å². The van der Waals surface area contributed by atoms with Gasteiger partial charge in [-0.3, -0.25) is 4.79 Å². The van der Waals surface area contributed by atoms with Crippen molar-refractivity contribution in [1.82, 2.24) is 5.32 Å². The lowest BCUT2D eigenvalue weighted by Crippen LogP contribution is -2.21. The van der Waals surface area contributed by atoms with Crippen LogP contribution in [0, 0.1) is 11.3 Å². The SMILES string of the molecule is CC(C)(C)CC1CCNC(=O)CC1. The van der Waals surface area contributed by atoms with E-state index in [0.717, 1.165) is 31.7 Å². The highest BCUT2D eigenvalue weighted by Gasteiger charge is 2.21. The lowest BCUT2D eigenvalue weighted by atomic mass is 9.81. The maximum Gasteiger partial charge on any atom is 0.220 e. The van der Waals surface area contributed by atoms with Crippen LogP contribution < -0.4 is 5.32 Å². The molecule has 1 atom stereocenters. The van der Waals surface area contributed by atoms with E-state index in [-0.39, 0.29) is 5.91 Å². The van der Waals surface area contributed by atoms with Crippen LogP contribution in [0.15, 0.2) is 0 Å². The molecule has 0 radical (unpaired) electrons. The van der Waals surface area contributed by atoms with Crippen molar-refractivity contribution in [1.29, 1.82) is 0 Å². The van der Waals surface area contributed by atoms with Gasteiger partial charge in [0.05, 0.1) is 0 Å². The van der Waals surface area contributed by atoms with Crippen molar-refractivity contribution < 1.29 is 4.79 Å². The minimum Gasteiger partial charge on any atom is -0.356 e. The van der Waals surface area contributed by atoms with Crippen LogP contribution in [0.2, 0.25) is 0 Å². The molecule has 1 amide bonds. The van der Waals surface area contributed by atoms with Crippen molar-refractivity contribution in [3.05, 3.63) is 0 Å². The summed E-state index contributed by atoms with van der Waals surface area (Å²) in [5.74, 6) is 0.968. The number of hydrogen-bond donors (Lipinski definition) is 1. The minimum absolute atomic E-state index is 0.233. The Morgan fingerprint density at radius 1 is 1.38 bits per heavy atom. The van der Waals surface area contributed by atoms with Crippen LogP contribution in [-0.2, 0) is 4.79 Å². The highest BCUT2D eigenvalue weighted by molar-refractivity contribution is 5.76. The van der Waals surface area contributed by atoms with Gasteiger partial charge in [-0.05, 0) is 30.6 Å². The Kier molecular flexibility index (Phi) is 3.34. The number of nitrogens with one attached hydrogen (secondary N) is 1. The first-order valence-corrected chi connectivity index (χ1v) is 5.24. The summed E-state index contributed by atoms with van der Waals surface area (Å²) in [7, 11) is 0. The summed E-state index contributed by atoms with van der Waals surface area (Å²) in [5.41, 5.74) is 0.401. The Morgan fingerprint density at radius 2 is 2.08 bits per heavy atom. The Balaban J connectivity index is 2.38. The van der Waals surface area contributed by atoms with Crippen LogP contribution in [0.5, 0.6) is 0 Å². The summed E-state index contributed by atoms with van der Waals surface area (Å²) in [6, 6.07) is 0. The molecule has 0 aromatic heterocycles. The van der Waals surface area contributed by atoms with E-state index in [1.54, 1.807) is 0 Å². The first-order chi connectivity index (χ1) is 5.97. The third-order valence-corrected chi connectivity index (χ3v) is 2.56. The second kappa shape index (κ2) is 4.12. The van der Waals surface area contributed by atoms with Gasteiger partial charge in [-0.15, -0.1) is 0 Å². The molecule has 0 saturated carbocycles. The predicted octanol–water partition coefficient (Wildman–Crippen LogP) is 2.34. The van der Waals surface area contributed by atoms with E-state index in [4.69, 9.17) is 0 Å². The van der Waals surface area contributed by atoms with Crippen LogP contribution in [0.1, 0.15) is 46.5 Å². The van der Waals surface area contributed by atoms with Gasteiger partial charge < -0.3 is 5.32 Å². The predicted molar refractivity (Wildman–Crippen MR) is 54.4 cm³/mol. The molecule has 1 heterocycles. The molecule has 76 valence electrons. The first-order valence-electron chi connectivity index (χ1n) is 5.24. The number of carbonyl (C=O) groups excluding carboxylic acids is 1. The van der Waals surface area contributed by atoms with Crippen LogP contribution in [0.4, 0.5) is 0 Å². The van der Waals surface area contributed by atoms with Crippen molar-refractivity contribution >= 4 is 5.91 Å². The van der Waals surface area contributed by atoms with E-state index in [0.29, 0.717) is 5.41 Å². The fourth-order valence-electron chi connectivity index (χ4n) is 2.05. The van der Waals surface area contributed by atoms with E-state index in [1.807, 2.05) is 0 Å². The molecule has 0 aromatic rings. The highest BCUT2D eigenvalue weighted by Crippen LogP contribution is 2.29. The zero-order valence-corrected chi connectivity index (χ0v) is 9.02. The van der Waals surface area contributed by atoms with Crippen molar-refractivity contribution in [2.45, 2.75) is 46.5 Å². The van der Waals surface area contributed by atoms with Crippen LogP contribution in [-0.4, -0.2) is 12.5 Å². The maximum atomic E-state index is 11.1. The second-order valence-electron chi connectivity index (χ2n) is 5.31. The van der Waals surface area contributed by atoms with E-state index < -0.39 is 0 Å². The number of carbonyl (C=O) groups is 1. The van der Waals surface area contributed by atoms with Gasteiger partial charge in [0.1, 0.15) is 0 Å². The van der Waals surface area contributed by atoms with E-state index in [1.165, 1.54) is 6.42 Å². The fraction of sp³-hybridized carbons (Fsp3) is 0.909. The van der Waals surface area contributed by atoms with Crippen molar-refractivity contribution in [2.75, 3.05) is 6.54 Å². The van der Waals surface area contributed by atoms with Gasteiger partial charge in [-0.25, -0.2) is 0 Å². The van der Waals surface area contributed by atoms with Gasteiger partial charge in [0.15, 0.2) is 0 Å². The van der Waals surface area contributed by atoms with Gasteiger partial charge >= 0.3 is 0 Å². The van der Waals surface area contributed by atoms with Gasteiger partial charge in [-0.1, -0.05) is 20.8 Å². The molecular formula is C11H21NO. The van der Waals surface area contributed by atoms with Gasteiger partial charge in [-0.2, -0.15) is 0 Å². The third-order valence-electron chi connectivity index (χ3n) is 2.56. The Morgan fingerprint density at radius 3 is 2.69 bits per heavy atom. The fourth-order valence-corrected chi connectivity index (χ4v) is 2.05. The van der Waals surface area contributed by atoms with Crippen molar-refractivity contribution in [2.24, 2.45) is 11.3 Å². The average molecular weight is 183 g/mol. The Bertz CT molecular complexity index is 181. The Hall–Kier alpha value is -0.530. The van der Waals surface area contributed by atoms with Crippen molar-refractivity contribution in [3.63, 3.8) is 0 Å². The normalized spacial score (nSPS) is 25.2. The molecule has 0 spiro atoms. The van der Waals surface area contributed by atoms with Gasteiger partial charge in [0, 0.05) is 13.0 Å². The number of amides is 1. The third kappa shape index (κ3) is 4.30. The molecule has 1 aliphatic rings. The molecule has 0 aromatic carbocycles. The molecule has 1 rings (SSSR count). The number of hydrogen-bond acceptors (Lipinski definition) is 1. The molecule has 1 aliphatic heterocycles. The molecule has 1 fully saturated rings. The highest BCUT2D eigenvalue weighted by atomic mass is 16.1. The van der Waals surface area contributed by atoms with E-state index in [2.05, 4.69) is 26.1 Å². The quantitative estimate of drug-likeness (QED) is 0.664.